The number of para-hydroxylation sites is 1. The van der Waals surface area contributed by atoms with Gasteiger partial charge in [-0.3, -0.25) is 0 Å². The highest BCUT2D eigenvalue weighted by Gasteiger charge is 2.39. The van der Waals surface area contributed by atoms with Crippen LogP contribution < -0.4 is 5.32 Å². The van der Waals surface area contributed by atoms with Gasteiger partial charge in [0.25, 0.3) is 0 Å². The molecule has 10 heteroatoms. The van der Waals surface area contributed by atoms with Gasteiger partial charge < -0.3 is 23.6 Å². The molecule has 0 aliphatic rings. The van der Waals surface area contributed by atoms with Crippen LogP contribution in [0.15, 0.2) is 35.5 Å². The Morgan fingerprint density at radius 1 is 1.04 bits per heavy atom. The van der Waals surface area contributed by atoms with E-state index in [0.717, 1.165) is 23.9 Å². The summed E-state index contributed by atoms with van der Waals surface area (Å²) in [5.74, 6) is 1.40. The van der Waals surface area contributed by atoms with Gasteiger partial charge in [0.05, 0.1) is 0 Å². The summed E-state index contributed by atoms with van der Waals surface area (Å²) in [5, 5.41) is 3.85. The van der Waals surface area contributed by atoms with E-state index in [9.17, 15) is 0 Å². The molecule has 2 rings (SSSR count). The van der Waals surface area contributed by atoms with Crippen LogP contribution in [0, 0.1) is 4.77 Å². The summed E-state index contributed by atoms with van der Waals surface area (Å²) in [6.45, 7) is 7.67. The molecule has 0 unspecified atom stereocenters. The first kappa shape index (κ1) is 23.0. The molecule has 1 aromatic carbocycles. The lowest BCUT2D eigenvalue weighted by Gasteiger charge is -2.28. The Hall–Kier alpha value is -1.30. The monoisotopic (exact) mass is 440 g/mol. The average Bonchev–Trinajstić information content (AvgIpc) is 2.66. The molecule has 7 nitrogen and oxygen atoms in total. The predicted molar refractivity (Wildman–Crippen MR) is 118 cm³/mol. The number of anilines is 2. The van der Waals surface area contributed by atoms with E-state index in [2.05, 4.69) is 20.3 Å². The number of nitrogens with one attached hydrogen (secondary N) is 2. The maximum absolute atomic E-state index is 5.89. The van der Waals surface area contributed by atoms with Gasteiger partial charge in [-0.25, -0.2) is 0 Å². The number of rotatable bonds is 13. The van der Waals surface area contributed by atoms with Gasteiger partial charge >= 0.3 is 8.80 Å². The van der Waals surface area contributed by atoms with Crippen molar-refractivity contribution in [1.29, 1.82) is 0 Å². The van der Waals surface area contributed by atoms with Crippen molar-refractivity contribution in [3.05, 3.63) is 35.1 Å². The van der Waals surface area contributed by atoms with Crippen LogP contribution in [0.1, 0.15) is 27.2 Å². The normalized spacial score (nSPS) is 11.5. The molecule has 0 fully saturated rings. The van der Waals surface area contributed by atoms with E-state index in [4.69, 9.17) is 25.5 Å². The Labute approximate surface area is 177 Å². The van der Waals surface area contributed by atoms with Crippen molar-refractivity contribution in [2.24, 2.45) is 0 Å². The number of H-pyrrole nitrogens is 1. The number of hydrogen-bond donors (Lipinski definition) is 2. The van der Waals surface area contributed by atoms with Crippen LogP contribution in [0.5, 0.6) is 0 Å². The fourth-order valence-corrected chi connectivity index (χ4v) is 6.49. The first-order valence-electron chi connectivity index (χ1n) is 9.46. The molecule has 0 saturated heterocycles. The number of aromatic nitrogens is 3. The predicted octanol–water partition coefficient (Wildman–Crippen LogP) is 4.81. The molecule has 1 aromatic heterocycles. The van der Waals surface area contributed by atoms with Gasteiger partial charge in [-0.15, -0.1) is 0 Å². The van der Waals surface area contributed by atoms with Gasteiger partial charge in [-0.05, 0) is 51.5 Å². The van der Waals surface area contributed by atoms with Crippen molar-refractivity contribution in [3.63, 3.8) is 0 Å². The van der Waals surface area contributed by atoms with Gasteiger partial charge in [0.1, 0.15) is 0 Å². The Morgan fingerprint density at radius 3 is 2.29 bits per heavy atom. The van der Waals surface area contributed by atoms with Crippen molar-refractivity contribution in [3.8, 4) is 0 Å². The van der Waals surface area contributed by atoms with Crippen LogP contribution in [0.4, 0.5) is 11.6 Å². The lowest BCUT2D eigenvalue weighted by Crippen LogP contribution is -2.46. The van der Waals surface area contributed by atoms with E-state index in [1.807, 2.05) is 51.1 Å². The van der Waals surface area contributed by atoms with E-state index >= 15 is 0 Å². The highest BCUT2D eigenvalue weighted by atomic mass is 32.2. The SMILES string of the molecule is CCO[Si](CCCSc1nc(Nc2ccccc2)[nH]c(=S)n1)(OCC)OCC. The molecule has 28 heavy (non-hydrogen) atoms. The zero-order chi connectivity index (χ0) is 20.2. The Morgan fingerprint density at radius 2 is 1.68 bits per heavy atom. The van der Waals surface area contributed by atoms with Crippen molar-refractivity contribution in [1.82, 2.24) is 15.0 Å². The average molecular weight is 441 g/mol. The van der Waals surface area contributed by atoms with E-state index in [1.165, 1.54) is 0 Å². The standard InChI is InChI=1S/C18H28N4O3S2Si/c1-4-23-28(24-5-2,25-6-3)14-10-13-27-18-21-16(20-17(26)22-18)19-15-11-8-7-9-12-15/h7-9,11-12H,4-6,10,13-14H2,1-3H3,(H2,19,20,21,22,26). The molecule has 0 aliphatic carbocycles. The van der Waals surface area contributed by atoms with Gasteiger partial charge in [0, 0.05) is 37.3 Å². The first-order chi connectivity index (χ1) is 13.6. The summed E-state index contributed by atoms with van der Waals surface area (Å²) >= 11 is 6.79. The first-order valence-corrected chi connectivity index (χ1v) is 12.8. The number of thioether (sulfide) groups is 1. The Bertz CT molecular complexity index is 747. The third-order valence-corrected chi connectivity index (χ3v) is 7.90. The number of hydrogen-bond acceptors (Lipinski definition) is 8. The summed E-state index contributed by atoms with van der Waals surface area (Å²) < 4.78 is 18.1. The van der Waals surface area contributed by atoms with Crippen molar-refractivity contribution < 1.29 is 13.3 Å². The van der Waals surface area contributed by atoms with E-state index in [0.29, 0.717) is 35.7 Å². The van der Waals surface area contributed by atoms with E-state index in [-0.39, 0.29) is 0 Å². The van der Waals surface area contributed by atoms with Crippen LogP contribution in [0.2, 0.25) is 6.04 Å². The van der Waals surface area contributed by atoms with Gasteiger partial charge in [0.15, 0.2) is 5.16 Å². The van der Waals surface area contributed by atoms with Crippen LogP contribution >= 0.6 is 24.0 Å². The third-order valence-electron chi connectivity index (χ3n) is 3.62. The van der Waals surface area contributed by atoms with E-state index in [1.54, 1.807) is 11.8 Å². The maximum atomic E-state index is 5.89. The molecule has 154 valence electrons. The zero-order valence-electron chi connectivity index (χ0n) is 16.6. The topological polar surface area (TPSA) is 81.3 Å². The van der Waals surface area contributed by atoms with Crippen LogP contribution in [0.3, 0.4) is 0 Å². The van der Waals surface area contributed by atoms with Gasteiger partial charge in [-0.2, -0.15) is 9.97 Å². The molecular weight excluding hydrogens is 412 g/mol. The Balaban J connectivity index is 1.93. The number of aromatic amines is 1. The Kier molecular flexibility index (Phi) is 10.1. The lowest BCUT2D eigenvalue weighted by molar-refractivity contribution is 0.0712. The minimum absolute atomic E-state index is 0.401. The quantitative estimate of drug-likeness (QED) is 0.199. The van der Waals surface area contributed by atoms with E-state index < -0.39 is 8.80 Å². The second-order valence-corrected chi connectivity index (χ2v) is 9.89. The largest absolute Gasteiger partial charge is 0.500 e. The summed E-state index contributed by atoms with van der Waals surface area (Å²) in [4.78, 5) is 11.8. The molecule has 0 saturated carbocycles. The molecule has 2 aromatic rings. The molecule has 1 heterocycles. The summed E-state index contributed by atoms with van der Waals surface area (Å²) in [6, 6.07) is 10.6. The summed E-state index contributed by atoms with van der Waals surface area (Å²) in [6.07, 6.45) is 0.882. The molecular formula is C18H28N4O3S2Si. The summed E-state index contributed by atoms with van der Waals surface area (Å²) in [5.41, 5.74) is 0.934. The van der Waals surface area contributed by atoms with Crippen molar-refractivity contribution >= 4 is 44.4 Å². The molecule has 0 radical (unpaired) electrons. The van der Waals surface area contributed by atoms with Crippen LogP contribution in [-0.4, -0.2) is 49.3 Å². The molecule has 0 atom stereocenters. The number of benzene rings is 1. The summed E-state index contributed by atoms with van der Waals surface area (Å²) in [7, 11) is -2.60. The number of nitrogens with zero attached hydrogens (tertiary/aromatic N) is 2. The lowest BCUT2D eigenvalue weighted by atomic mass is 10.3. The molecule has 0 amide bonds. The van der Waals surface area contributed by atoms with Gasteiger partial charge in [0.2, 0.25) is 10.7 Å². The van der Waals surface area contributed by atoms with Crippen LogP contribution in [-0.2, 0) is 13.3 Å². The second-order valence-electron chi connectivity index (χ2n) is 5.71. The fourth-order valence-electron chi connectivity index (χ4n) is 2.60. The van der Waals surface area contributed by atoms with Crippen molar-refractivity contribution in [2.75, 3.05) is 30.9 Å². The smallest absolute Gasteiger partial charge is 0.374 e. The highest BCUT2D eigenvalue weighted by Crippen LogP contribution is 2.22. The second kappa shape index (κ2) is 12.3. The third kappa shape index (κ3) is 7.61. The highest BCUT2D eigenvalue weighted by molar-refractivity contribution is 7.99. The fraction of sp³-hybridized carbons (Fsp3) is 0.500. The minimum Gasteiger partial charge on any atom is -0.374 e. The molecule has 0 bridgehead atoms. The molecule has 0 aliphatic heterocycles. The minimum atomic E-state index is -2.60. The molecule has 0 spiro atoms. The molecule has 2 N–H and O–H groups in total. The van der Waals surface area contributed by atoms with Crippen LogP contribution in [0.25, 0.3) is 0 Å². The van der Waals surface area contributed by atoms with Gasteiger partial charge in [-0.1, -0.05) is 30.0 Å². The van der Waals surface area contributed by atoms with Crippen molar-refractivity contribution in [2.45, 2.75) is 38.4 Å². The zero-order valence-corrected chi connectivity index (χ0v) is 19.2. The maximum Gasteiger partial charge on any atom is 0.500 e.